The zero-order valence-electron chi connectivity index (χ0n) is 16.7. The van der Waals surface area contributed by atoms with E-state index in [1.165, 1.54) is 11.8 Å². The van der Waals surface area contributed by atoms with Crippen molar-refractivity contribution in [2.45, 2.75) is 24.8 Å². The zero-order valence-corrected chi connectivity index (χ0v) is 18.3. The first-order valence-electron chi connectivity index (χ1n) is 9.75. The van der Waals surface area contributed by atoms with Crippen molar-refractivity contribution in [3.63, 3.8) is 0 Å². The van der Waals surface area contributed by atoms with Crippen LogP contribution in [0.2, 0.25) is 5.02 Å². The topological polar surface area (TPSA) is 52.7 Å². The lowest BCUT2D eigenvalue weighted by atomic mass is 10.1. The fourth-order valence-corrected chi connectivity index (χ4v) is 4.25. The molecule has 29 heavy (non-hydrogen) atoms. The van der Waals surface area contributed by atoms with Crippen LogP contribution in [0.1, 0.15) is 24.2 Å². The van der Waals surface area contributed by atoms with Crippen molar-refractivity contribution in [2.75, 3.05) is 36.8 Å². The number of carbonyl (C=O) groups is 2. The molecule has 1 heterocycles. The molecule has 154 valence electrons. The van der Waals surface area contributed by atoms with Gasteiger partial charge in [0, 0.05) is 47.8 Å². The van der Waals surface area contributed by atoms with Gasteiger partial charge >= 0.3 is 0 Å². The van der Waals surface area contributed by atoms with E-state index in [1.807, 2.05) is 67.3 Å². The number of nitrogens with zero attached hydrogens (tertiary/aromatic N) is 2. The van der Waals surface area contributed by atoms with E-state index in [4.69, 9.17) is 11.6 Å². The molecule has 3 rings (SSSR count). The largest absolute Gasteiger partial charge is 0.368 e. The van der Waals surface area contributed by atoms with Crippen molar-refractivity contribution < 1.29 is 9.59 Å². The van der Waals surface area contributed by atoms with Crippen molar-refractivity contribution in [1.82, 2.24) is 10.2 Å². The summed E-state index contributed by atoms with van der Waals surface area (Å²) in [5.74, 6) is 0.296. The lowest BCUT2D eigenvalue weighted by molar-refractivity contribution is -0.119. The minimum atomic E-state index is -0.0242. The van der Waals surface area contributed by atoms with Gasteiger partial charge in [0.2, 0.25) is 5.91 Å². The number of hydrogen-bond acceptors (Lipinski definition) is 4. The van der Waals surface area contributed by atoms with Crippen molar-refractivity contribution in [2.24, 2.45) is 0 Å². The highest BCUT2D eigenvalue weighted by Gasteiger charge is 2.24. The summed E-state index contributed by atoms with van der Waals surface area (Å²) >= 11 is 7.38. The Morgan fingerprint density at radius 2 is 1.69 bits per heavy atom. The van der Waals surface area contributed by atoms with Crippen LogP contribution in [0, 0.1) is 0 Å². The van der Waals surface area contributed by atoms with E-state index in [2.05, 4.69) is 10.2 Å². The van der Waals surface area contributed by atoms with E-state index in [-0.39, 0.29) is 17.9 Å². The van der Waals surface area contributed by atoms with Crippen LogP contribution in [-0.4, -0.2) is 54.7 Å². The van der Waals surface area contributed by atoms with Crippen molar-refractivity contribution in [3.8, 4) is 0 Å². The van der Waals surface area contributed by atoms with E-state index in [9.17, 15) is 9.59 Å². The number of anilines is 1. The summed E-state index contributed by atoms with van der Waals surface area (Å²) < 4.78 is 0. The summed E-state index contributed by atoms with van der Waals surface area (Å²) in [5, 5.41) is 3.60. The predicted molar refractivity (Wildman–Crippen MR) is 120 cm³/mol. The van der Waals surface area contributed by atoms with E-state index in [0.29, 0.717) is 24.4 Å². The molecule has 7 heteroatoms. The fourth-order valence-electron chi connectivity index (χ4n) is 3.27. The average molecular weight is 432 g/mol. The molecule has 0 aromatic heterocycles. The Kier molecular flexibility index (Phi) is 7.45. The van der Waals surface area contributed by atoms with Gasteiger partial charge in [-0.2, -0.15) is 0 Å². The molecule has 5 nitrogen and oxygen atoms in total. The number of benzene rings is 2. The maximum Gasteiger partial charge on any atom is 0.255 e. The molecule has 1 saturated heterocycles. The second-order valence-corrected chi connectivity index (χ2v) is 8.72. The lowest BCUT2D eigenvalue weighted by Gasteiger charge is -2.36. The lowest BCUT2D eigenvalue weighted by Crippen LogP contribution is -2.48. The first-order chi connectivity index (χ1) is 13.9. The number of thioether (sulfide) groups is 1. The normalized spacial score (nSPS) is 14.2. The number of hydrogen-bond donors (Lipinski definition) is 1. The smallest absolute Gasteiger partial charge is 0.255 e. The highest BCUT2D eigenvalue weighted by molar-refractivity contribution is 8.00. The molecule has 2 aromatic rings. The van der Waals surface area contributed by atoms with Gasteiger partial charge in [-0.25, -0.2) is 0 Å². The van der Waals surface area contributed by atoms with Crippen LogP contribution in [0.3, 0.4) is 0 Å². The molecular weight excluding hydrogens is 406 g/mol. The minimum Gasteiger partial charge on any atom is -0.368 e. The van der Waals surface area contributed by atoms with Gasteiger partial charge in [0.1, 0.15) is 0 Å². The summed E-state index contributed by atoms with van der Waals surface area (Å²) in [6.45, 7) is 6.75. The van der Waals surface area contributed by atoms with Gasteiger partial charge < -0.3 is 15.1 Å². The van der Waals surface area contributed by atoms with Crippen LogP contribution in [-0.2, 0) is 4.79 Å². The second-order valence-electron chi connectivity index (χ2n) is 7.26. The van der Waals surface area contributed by atoms with Gasteiger partial charge in [-0.1, -0.05) is 23.7 Å². The highest BCUT2D eigenvalue weighted by Crippen LogP contribution is 2.25. The first-order valence-corrected chi connectivity index (χ1v) is 11.1. The predicted octanol–water partition coefficient (Wildman–Crippen LogP) is 3.92. The molecule has 0 atom stereocenters. The number of rotatable bonds is 6. The minimum absolute atomic E-state index is 0.0214. The van der Waals surface area contributed by atoms with Gasteiger partial charge in [0.05, 0.1) is 11.3 Å². The van der Waals surface area contributed by atoms with Crippen LogP contribution in [0.15, 0.2) is 53.4 Å². The second kappa shape index (κ2) is 10.0. The van der Waals surface area contributed by atoms with Crippen LogP contribution in [0.5, 0.6) is 0 Å². The number of halogens is 1. The molecule has 0 spiro atoms. The molecule has 2 amide bonds. The highest BCUT2D eigenvalue weighted by atomic mass is 35.5. The van der Waals surface area contributed by atoms with Gasteiger partial charge in [0.25, 0.3) is 5.91 Å². The molecule has 0 radical (unpaired) electrons. The monoisotopic (exact) mass is 431 g/mol. The van der Waals surface area contributed by atoms with Crippen molar-refractivity contribution >= 4 is 40.9 Å². The Morgan fingerprint density at radius 3 is 2.34 bits per heavy atom. The molecule has 1 aliphatic heterocycles. The third-order valence-corrected chi connectivity index (χ3v) is 6.01. The summed E-state index contributed by atoms with van der Waals surface area (Å²) in [5.41, 5.74) is 1.78. The van der Waals surface area contributed by atoms with Crippen LogP contribution < -0.4 is 10.2 Å². The van der Waals surface area contributed by atoms with Crippen LogP contribution >= 0.6 is 23.4 Å². The standard InChI is InChI=1S/C22H26ClN3O2S/c1-16(2)24-21(27)15-29-20-6-4-3-5-19(20)22(28)26-13-11-25(12-14-26)18-9-7-17(23)8-10-18/h3-10,16H,11-15H2,1-2H3,(H,24,27). The Bertz CT molecular complexity index is 849. The first kappa shape index (κ1) is 21.5. The molecule has 0 saturated carbocycles. The molecule has 0 unspecified atom stereocenters. The number of nitrogens with one attached hydrogen (secondary N) is 1. The molecule has 1 fully saturated rings. The SMILES string of the molecule is CC(C)NC(=O)CSc1ccccc1C(=O)N1CCN(c2ccc(Cl)cc2)CC1. The van der Waals surface area contributed by atoms with Crippen LogP contribution in [0.25, 0.3) is 0 Å². The quantitative estimate of drug-likeness (QED) is 0.704. The van der Waals surface area contributed by atoms with E-state index in [1.54, 1.807) is 0 Å². The Labute approximate surface area is 181 Å². The zero-order chi connectivity index (χ0) is 20.8. The molecule has 1 aliphatic rings. The summed E-state index contributed by atoms with van der Waals surface area (Å²) in [7, 11) is 0. The summed E-state index contributed by atoms with van der Waals surface area (Å²) in [6, 6.07) is 15.4. The van der Waals surface area contributed by atoms with Crippen molar-refractivity contribution in [1.29, 1.82) is 0 Å². The summed E-state index contributed by atoms with van der Waals surface area (Å²) in [6.07, 6.45) is 0. The maximum absolute atomic E-state index is 13.1. The van der Waals surface area contributed by atoms with E-state index >= 15 is 0 Å². The van der Waals surface area contributed by atoms with Gasteiger partial charge in [-0.05, 0) is 50.2 Å². The molecule has 0 bridgehead atoms. The Balaban J connectivity index is 1.61. The number of amides is 2. The third kappa shape index (κ3) is 5.90. The number of piperazine rings is 1. The van der Waals surface area contributed by atoms with Crippen LogP contribution in [0.4, 0.5) is 5.69 Å². The van der Waals surface area contributed by atoms with Gasteiger partial charge in [-0.3, -0.25) is 9.59 Å². The molecule has 1 N–H and O–H groups in total. The Hall–Kier alpha value is -2.18. The molecule has 0 aliphatic carbocycles. The summed E-state index contributed by atoms with van der Waals surface area (Å²) in [4.78, 5) is 30.1. The van der Waals surface area contributed by atoms with E-state index in [0.717, 1.165) is 28.7 Å². The average Bonchev–Trinajstić information content (AvgIpc) is 2.72. The maximum atomic E-state index is 13.1. The van der Waals surface area contributed by atoms with E-state index < -0.39 is 0 Å². The molecular formula is C22H26ClN3O2S. The van der Waals surface area contributed by atoms with Crippen molar-refractivity contribution in [3.05, 3.63) is 59.1 Å². The number of carbonyl (C=O) groups excluding carboxylic acids is 2. The fraction of sp³-hybridized carbons (Fsp3) is 0.364. The van der Waals surface area contributed by atoms with Gasteiger partial charge in [0.15, 0.2) is 0 Å². The third-order valence-electron chi connectivity index (χ3n) is 4.68. The Morgan fingerprint density at radius 1 is 1.03 bits per heavy atom. The van der Waals surface area contributed by atoms with Gasteiger partial charge in [-0.15, -0.1) is 11.8 Å². The molecule has 2 aromatic carbocycles.